The highest BCUT2D eigenvalue weighted by Gasteiger charge is 2.32. The van der Waals surface area contributed by atoms with Crippen LogP contribution in [0.5, 0.6) is 17.2 Å². The standard InChI is InChI=1S/C42H52N2O5/c1-41(2,3)37-23-20-33(39(48-36-16-12-9-13-17-36)38(37)32-14-10-8-11-15-32)30-47-27-24-34-29-44(40(45)49-42(4,5)6)26-25-43(34)28-31-18-21-35(46-7)22-19-31/h8-23,34H,24-30H2,1-7H3. The number of rotatable bonds is 11. The molecule has 0 aliphatic carbocycles. The Labute approximate surface area is 292 Å². The molecule has 5 rings (SSSR count). The van der Waals surface area contributed by atoms with Crippen molar-refractivity contribution in [1.29, 1.82) is 0 Å². The lowest BCUT2D eigenvalue weighted by molar-refractivity contribution is -0.00428. The molecular formula is C42H52N2O5. The van der Waals surface area contributed by atoms with Gasteiger partial charge in [-0.1, -0.05) is 93.6 Å². The summed E-state index contributed by atoms with van der Waals surface area (Å²) in [6.45, 7) is 16.1. The summed E-state index contributed by atoms with van der Waals surface area (Å²) >= 11 is 0. The average molecular weight is 665 g/mol. The third-order valence-corrected chi connectivity index (χ3v) is 8.73. The van der Waals surface area contributed by atoms with Gasteiger partial charge in [0.1, 0.15) is 22.8 Å². The molecule has 1 aliphatic rings. The highest BCUT2D eigenvalue weighted by molar-refractivity contribution is 5.77. The Morgan fingerprint density at radius 2 is 1.47 bits per heavy atom. The number of carbonyl (C=O) groups is 1. The van der Waals surface area contributed by atoms with Gasteiger partial charge in [0.25, 0.3) is 0 Å². The molecule has 1 unspecified atom stereocenters. The minimum Gasteiger partial charge on any atom is -0.497 e. The van der Waals surface area contributed by atoms with Crippen molar-refractivity contribution in [2.24, 2.45) is 0 Å². The Morgan fingerprint density at radius 1 is 0.796 bits per heavy atom. The molecule has 1 fully saturated rings. The van der Waals surface area contributed by atoms with Crippen LogP contribution < -0.4 is 9.47 Å². The molecule has 4 aromatic rings. The first-order chi connectivity index (χ1) is 23.4. The third-order valence-electron chi connectivity index (χ3n) is 8.73. The monoisotopic (exact) mass is 664 g/mol. The number of carbonyl (C=O) groups excluding carboxylic acids is 1. The number of benzene rings is 4. The predicted octanol–water partition coefficient (Wildman–Crippen LogP) is 9.48. The van der Waals surface area contributed by atoms with E-state index < -0.39 is 5.60 Å². The van der Waals surface area contributed by atoms with E-state index in [2.05, 4.69) is 74.2 Å². The van der Waals surface area contributed by atoms with E-state index in [1.54, 1.807) is 7.11 Å². The van der Waals surface area contributed by atoms with Crippen LogP contribution in [-0.2, 0) is 28.0 Å². The van der Waals surface area contributed by atoms with Crippen molar-refractivity contribution >= 4 is 6.09 Å². The molecule has 260 valence electrons. The highest BCUT2D eigenvalue weighted by atomic mass is 16.6. The second-order valence-electron chi connectivity index (χ2n) is 14.7. The lowest BCUT2D eigenvalue weighted by Gasteiger charge is -2.41. The maximum Gasteiger partial charge on any atom is 0.410 e. The van der Waals surface area contributed by atoms with Crippen LogP contribution in [0.15, 0.2) is 97.1 Å². The molecule has 1 heterocycles. The molecular weight excluding hydrogens is 612 g/mol. The van der Waals surface area contributed by atoms with Gasteiger partial charge in [-0.25, -0.2) is 4.79 Å². The normalized spacial score (nSPS) is 15.6. The number of ether oxygens (including phenoxy) is 4. The number of nitrogens with zero attached hydrogens (tertiary/aromatic N) is 2. The molecule has 7 nitrogen and oxygen atoms in total. The lowest BCUT2D eigenvalue weighted by Crippen LogP contribution is -2.55. The van der Waals surface area contributed by atoms with Gasteiger partial charge in [0.15, 0.2) is 0 Å². The van der Waals surface area contributed by atoms with Crippen LogP contribution in [0.2, 0.25) is 0 Å². The van der Waals surface area contributed by atoms with E-state index in [1.165, 1.54) is 11.1 Å². The number of amides is 1. The fraction of sp³-hybridized carbons (Fsp3) is 0.405. The molecule has 0 radical (unpaired) electrons. The summed E-state index contributed by atoms with van der Waals surface area (Å²) in [5.41, 5.74) is 4.96. The zero-order chi connectivity index (χ0) is 35.0. The smallest absolute Gasteiger partial charge is 0.410 e. The molecule has 0 bridgehead atoms. The Morgan fingerprint density at radius 3 is 2.10 bits per heavy atom. The van der Waals surface area contributed by atoms with Crippen molar-refractivity contribution in [3.63, 3.8) is 0 Å². The molecule has 49 heavy (non-hydrogen) atoms. The molecule has 0 aromatic heterocycles. The zero-order valence-electron chi connectivity index (χ0n) is 30.2. The van der Waals surface area contributed by atoms with E-state index in [1.807, 2.05) is 74.2 Å². The summed E-state index contributed by atoms with van der Waals surface area (Å²) in [6.07, 6.45) is 0.494. The van der Waals surface area contributed by atoms with E-state index in [9.17, 15) is 4.79 Å². The van der Waals surface area contributed by atoms with Gasteiger partial charge in [-0.05, 0) is 73.6 Å². The van der Waals surface area contributed by atoms with Gasteiger partial charge < -0.3 is 23.8 Å². The average Bonchev–Trinajstić information content (AvgIpc) is 3.07. The van der Waals surface area contributed by atoms with Crippen molar-refractivity contribution in [3.8, 4) is 28.4 Å². The molecule has 0 saturated carbocycles. The van der Waals surface area contributed by atoms with Crippen LogP contribution in [0.25, 0.3) is 11.1 Å². The Kier molecular flexibility index (Phi) is 11.7. The summed E-state index contributed by atoms with van der Waals surface area (Å²) in [6, 6.07) is 33.1. The van der Waals surface area contributed by atoms with Crippen LogP contribution in [0, 0.1) is 0 Å². The SMILES string of the molecule is COc1ccc(CN2CCN(C(=O)OC(C)(C)C)CC2CCOCc2ccc(C(C)(C)C)c(-c3ccccc3)c2Oc2ccccc2)cc1. The summed E-state index contributed by atoms with van der Waals surface area (Å²) in [7, 11) is 1.68. The largest absolute Gasteiger partial charge is 0.497 e. The van der Waals surface area contributed by atoms with Crippen molar-refractivity contribution < 1.29 is 23.7 Å². The van der Waals surface area contributed by atoms with Gasteiger partial charge in [-0.3, -0.25) is 4.90 Å². The number of hydrogen-bond acceptors (Lipinski definition) is 6. The van der Waals surface area contributed by atoms with Crippen LogP contribution >= 0.6 is 0 Å². The maximum absolute atomic E-state index is 13.1. The summed E-state index contributed by atoms with van der Waals surface area (Å²) in [4.78, 5) is 17.4. The van der Waals surface area contributed by atoms with Crippen molar-refractivity contribution in [3.05, 3.63) is 114 Å². The molecule has 0 N–H and O–H groups in total. The Balaban J connectivity index is 1.36. The number of methoxy groups -OCH3 is 1. The molecule has 1 amide bonds. The molecule has 7 heteroatoms. The maximum atomic E-state index is 13.1. The van der Waals surface area contributed by atoms with E-state index in [0.29, 0.717) is 26.3 Å². The molecule has 4 aromatic carbocycles. The summed E-state index contributed by atoms with van der Waals surface area (Å²) in [5.74, 6) is 2.44. The summed E-state index contributed by atoms with van der Waals surface area (Å²) < 4.78 is 24.3. The van der Waals surface area contributed by atoms with Crippen molar-refractivity contribution in [2.75, 3.05) is 33.4 Å². The number of piperazine rings is 1. The van der Waals surface area contributed by atoms with Gasteiger partial charge in [-0.2, -0.15) is 0 Å². The van der Waals surface area contributed by atoms with Gasteiger partial charge in [0.05, 0.1) is 13.7 Å². The van der Waals surface area contributed by atoms with Crippen LogP contribution in [0.4, 0.5) is 4.79 Å². The topological polar surface area (TPSA) is 60.5 Å². The molecule has 1 atom stereocenters. The minimum absolute atomic E-state index is 0.103. The fourth-order valence-corrected chi connectivity index (χ4v) is 6.21. The zero-order valence-corrected chi connectivity index (χ0v) is 30.2. The van der Waals surface area contributed by atoms with Crippen LogP contribution in [0.1, 0.15) is 64.7 Å². The van der Waals surface area contributed by atoms with E-state index in [4.69, 9.17) is 18.9 Å². The molecule has 0 spiro atoms. The second-order valence-corrected chi connectivity index (χ2v) is 14.7. The minimum atomic E-state index is -0.545. The Bertz CT molecular complexity index is 1640. The van der Waals surface area contributed by atoms with Gasteiger partial charge >= 0.3 is 6.09 Å². The predicted molar refractivity (Wildman–Crippen MR) is 196 cm³/mol. The third kappa shape index (κ3) is 9.87. The first kappa shape index (κ1) is 36.0. The number of hydrogen-bond donors (Lipinski definition) is 0. The van der Waals surface area contributed by atoms with E-state index in [-0.39, 0.29) is 17.6 Å². The van der Waals surface area contributed by atoms with Crippen molar-refractivity contribution in [2.45, 2.75) is 78.2 Å². The van der Waals surface area contributed by atoms with Gasteiger partial charge in [0, 0.05) is 50.0 Å². The first-order valence-corrected chi connectivity index (χ1v) is 17.3. The van der Waals surface area contributed by atoms with Gasteiger partial charge in [0.2, 0.25) is 0 Å². The van der Waals surface area contributed by atoms with E-state index in [0.717, 1.165) is 53.4 Å². The number of para-hydroxylation sites is 1. The Hall–Kier alpha value is -4.33. The van der Waals surface area contributed by atoms with Crippen LogP contribution in [-0.4, -0.2) is 60.9 Å². The van der Waals surface area contributed by atoms with Gasteiger partial charge in [-0.15, -0.1) is 0 Å². The second kappa shape index (κ2) is 15.9. The van der Waals surface area contributed by atoms with Crippen molar-refractivity contribution in [1.82, 2.24) is 9.80 Å². The first-order valence-electron chi connectivity index (χ1n) is 17.3. The fourth-order valence-electron chi connectivity index (χ4n) is 6.21. The van der Waals surface area contributed by atoms with Crippen LogP contribution in [0.3, 0.4) is 0 Å². The highest BCUT2D eigenvalue weighted by Crippen LogP contribution is 2.43. The molecule has 1 saturated heterocycles. The lowest BCUT2D eigenvalue weighted by atomic mass is 9.80. The van der Waals surface area contributed by atoms with E-state index >= 15 is 0 Å². The quantitative estimate of drug-likeness (QED) is 0.149. The summed E-state index contributed by atoms with van der Waals surface area (Å²) in [5, 5.41) is 0. The molecule has 1 aliphatic heterocycles.